The molecular formula is C12H11N3O2. The van der Waals surface area contributed by atoms with Gasteiger partial charge in [0.2, 0.25) is 0 Å². The SMILES string of the molecule is C=C1COC(C2=Nc3cccnc3C2)C(=O)N1. The van der Waals surface area contributed by atoms with Crippen LogP contribution in [0.3, 0.4) is 0 Å². The molecular weight excluding hydrogens is 218 g/mol. The van der Waals surface area contributed by atoms with Crippen molar-refractivity contribution in [2.24, 2.45) is 4.99 Å². The first kappa shape index (κ1) is 10.2. The smallest absolute Gasteiger partial charge is 0.259 e. The van der Waals surface area contributed by atoms with Gasteiger partial charge in [-0.05, 0) is 12.1 Å². The van der Waals surface area contributed by atoms with E-state index < -0.39 is 6.10 Å². The highest BCUT2D eigenvalue weighted by Gasteiger charge is 2.32. The van der Waals surface area contributed by atoms with Crippen LogP contribution in [0, 0.1) is 0 Å². The van der Waals surface area contributed by atoms with Gasteiger partial charge < -0.3 is 10.1 Å². The number of nitrogens with one attached hydrogen (secondary N) is 1. The Morgan fingerprint density at radius 1 is 1.53 bits per heavy atom. The minimum atomic E-state index is -0.616. The van der Waals surface area contributed by atoms with Gasteiger partial charge in [-0.25, -0.2) is 0 Å². The Hall–Kier alpha value is -2.01. The number of ether oxygens (including phenoxy) is 1. The summed E-state index contributed by atoms with van der Waals surface area (Å²) in [5, 5.41) is 2.67. The zero-order valence-electron chi connectivity index (χ0n) is 9.14. The van der Waals surface area contributed by atoms with Crippen LogP contribution in [0.15, 0.2) is 35.6 Å². The van der Waals surface area contributed by atoms with E-state index in [1.54, 1.807) is 6.20 Å². The molecule has 1 atom stereocenters. The monoisotopic (exact) mass is 229 g/mol. The molecule has 86 valence electrons. The predicted octanol–water partition coefficient (Wildman–Crippen LogP) is 0.739. The normalized spacial score (nSPS) is 23.1. The number of aromatic nitrogens is 1. The topological polar surface area (TPSA) is 63.6 Å². The standard InChI is InChI=1S/C12H11N3O2/c1-7-6-17-11(12(16)14-7)10-5-9-8(15-10)3-2-4-13-9/h2-4,11H,1,5-6H2,(H,14,16). The Labute approximate surface area is 98.2 Å². The van der Waals surface area contributed by atoms with E-state index in [9.17, 15) is 4.79 Å². The van der Waals surface area contributed by atoms with Crippen LogP contribution >= 0.6 is 0 Å². The van der Waals surface area contributed by atoms with E-state index in [0.717, 1.165) is 11.4 Å². The zero-order valence-corrected chi connectivity index (χ0v) is 9.14. The maximum Gasteiger partial charge on any atom is 0.259 e. The van der Waals surface area contributed by atoms with Gasteiger partial charge in [0.1, 0.15) is 0 Å². The third kappa shape index (κ3) is 1.74. The molecule has 2 aliphatic rings. The second kappa shape index (κ2) is 3.78. The molecule has 1 amide bonds. The number of amides is 1. The fourth-order valence-electron chi connectivity index (χ4n) is 1.97. The fourth-order valence-corrected chi connectivity index (χ4v) is 1.97. The fraction of sp³-hybridized carbons (Fsp3) is 0.250. The molecule has 0 aromatic carbocycles. The van der Waals surface area contributed by atoms with Crippen LogP contribution < -0.4 is 5.32 Å². The van der Waals surface area contributed by atoms with Crippen molar-refractivity contribution >= 4 is 17.3 Å². The molecule has 1 saturated heterocycles. The Morgan fingerprint density at radius 2 is 2.41 bits per heavy atom. The number of fused-ring (bicyclic) bond motifs is 1. The molecule has 1 aromatic rings. The summed E-state index contributed by atoms with van der Waals surface area (Å²) in [6, 6.07) is 3.71. The molecule has 2 aliphatic heterocycles. The summed E-state index contributed by atoms with van der Waals surface area (Å²) in [5.41, 5.74) is 3.01. The quantitative estimate of drug-likeness (QED) is 0.772. The summed E-state index contributed by atoms with van der Waals surface area (Å²) in [5.74, 6) is -0.201. The number of hydrogen-bond donors (Lipinski definition) is 1. The number of aliphatic imine (C=N–C) groups is 1. The van der Waals surface area contributed by atoms with E-state index in [2.05, 4.69) is 21.9 Å². The molecule has 3 heterocycles. The van der Waals surface area contributed by atoms with Gasteiger partial charge >= 0.3 is 0 Å². The Kier molecular flexibility index (Phi) is 2.26. The van der Waals surface area contributed by atoms with Gasteiger partial charge in [-0.3, -0.25) is 14.8 Å². The van der Waals surface area contributed by atoms with Gasteiger partial charge in [0.25, 0.3) is 5.91 Å². The Morgan fingerprint density at radius 3 is 3.18 bits per heavy atom. The van der Waals surface area contributed by atoms with Crippen molar-refractivity contribution in [2.75, 3.05) is 6.61 Å². The van der Waals surface area contributed by atoms with Crippen molar-refractivity contribution in [3.8, 4) is 0 Å². The summed E-state index contributed by atoms with van der Waals surface area (Å²) in [6.45, 7) is 3.99. The Balaban J connectivity index is 1.84. The largest absolute Gasteiger partial charge is 0.356 e. The molecule has 5 heteroatoms. The van der Waals surface area contributed by atoms with Gasteiger partial charge in [-0.1, -0.05) is 6.58 Å². The molecule has 1 fully saturated rings. The molecule has 5 nitrogen and oxygen atoms in total. The lowest BCUT2D eigenvalue weighted by Gasteiger charge is -2.23. The van der Waals surface area contributed by atoms with E-state index in [-0.39, 0.29) is 5.91 Å². The van der Waals surface area contributed by atoms with Crippen molar-refractivity contribution in [3.63, 3.8) is 0 Å². The number of pyridine rings is 1. The van der Waals surface area contributed by atoms with E-state index in [1.165, 1.54) is 0 Å². The molecule has 0 spiro atoms. The molecule has 1 unspecified atom stereocenters. The molecule has 1 N–H and O–H groups in total. The van der Waals surface area contributed by atoms with Crippen molar-refractivity contribution in [1.29, 1.82) is 0 Å². The van der Waals surface area contributed by atoms with Crippen molar-refractivity contribution in [1.82, 2.24) is 10.3 Å². The predicted molar refractivity (Wildman–Crippen MR) is 62.1 cm³/mol. The molecule has 0 radical (unpaired) electrons. The maximum atomic E-state index is 11.7. The van der Waals surface area contributed by atoms with Gasteiger partial charge in [-0.15, -0.1) is 0 Å². The van der Waals surface area contributed by atoms with Gasteiger partial charge in [-0.2, -0.15) is 0 Å². The van der Waals surface area contributed by atoms with Crippen LogP contribution in [0.4, 0.5) is 5.69 Å². The van der Waals surface area contributed by atoms with Gasteiger partial charge in [0.15, 0.2) is 6.10 Å². The highest BCUT2D eigenvalue weighted by Crippen LogP contribution is 2.26. The highest BCUT2D eigenvalue weighted by molar-refractivity contribution is 6.11. The Bertz CT molecular complexity index is 536. The van der Waals surface area contributed by atoms with E-state index in [1.807, 2.05) is 12.1 Å². The first-order valence-corrected chi connectivity index (χ1v) is 5.35. The maximum absolute atomic E-state index is 11.7. The molecule has 17 heavy (non-hydrogen) atoms. The average Bonchev–Trinajstić information content (AvgIpc) is 2.72. The molecule has 1 aromatic heterocycles. The van der Waals surface area contributed by atoms with E-state index in [4.69, 9.17) is 4.74 Å². The van der Waals surface area contributed by atoms with E-state index in [0.29, 0.717) is 24.4 Å². The molecule has 0 aliphatic carbocycles. The zero-order chi connectivity index (χ0) is 11.8. The van der Waals surface area contributed by atoms with Crippen molar-refractivity contribution in [3.05, 3.63) is 36.3 Å². The first-order chi connectivity index (χ1) is 8.24. The van der Waals surface area contributed by atoms with Crippen LogP contribution in [-0.4, -0.2) is 29.3 Å². The van der Waals surface area contributed by atoms with Gasteiger partial charge in [0, 0.05) is 18.3 Å². The third-order valence-corrected chi connectivity index (χ3v) is 2.74. The first-order valence-electron chi connectivity index (χ1n) is 5.35. The molecule has 0 bridgehead atoms. The highest BCUT2D eigenvalue weighted by atomic mass is 16.5. The number of rotatable bonds is 1. The van der Waals surface area contributed by atoms with Gasteiger partial charge in [0.05, 0.1) is 23.7 Å². The number of hydrogen-bond acceptors (Lipinski definition) is 4. The lowest BCUT2D eigenvalue weighted by atomic mass is 10.1. The summed E-state index contributed by atoms with van der Waals surface area (Å²) in [7, 11) is 0. The third-order valence-electron chi connectivity index (χ3n) is 2.74. The van der Waals surface area contributed by atoms with Crippen LogP contribution in [0.25, 0.3) is 0 Å². The molecule has 0 saturated carbocycles. The van der Waals surface area contributed by atoms with E-state index >= 15 is 0 Å². The summed E-state index contributed by atoms with van der Waals surface area (Å²) >= 11 is 0. The van der Waals surface area contributed by atoms with Crippen molar-refractivity contribution < 1.29 is 9.53 Å². The second-order valence-corrected chi connectivity index (χ2v) is 4.03. The molecule has 3 rings (SSSR count). The average molecular weight is 229 g/mol. The number of morpholine rings is 1. The van der Waals surface area contributed by atoms with Crippen LogP contribution in [-0.2, 0) is 16.0 Å². The van der Waals surface area contributed by atoms with Crippen LogP contribution in [0.5, 0.6) is 0 Å². The number of carbonyl (C=O) groups excluding carboxylic acids is 1. The van der Waals surface area contributed by atoms with Crippen LogP contribution in [0.1, 0.15) is 5.69 Å². The number of carbonyl (C=O) groups is 1. The van der Waals surface area contributed by atoms with Crippen LogP contribution in [0.2, 0.25) is 0 Å². The van der Waals surface area contributed by atoms with Crippen molar-refractivity contribution in [2.45, 2.75) is 12.5 Å². The summed E-state index contributed by atoms with van der Waals surface area (Å²) in [4.78, 5) is 20.4. The lowest BCUT2D eigenvalue weighted by molar-refractivity contribution is -0.130. The lowest BCUT2D eigenvalue weighted by Crippen LogP contribution is -2.47. The second-order valence-electron chi connectivity index (χ2n) is 4.03. The summed E-state index contributed by atoms with van der Waals surface area (Å²) < 4.78 is 5.45. The minimum absolute atomic E-state index is 0.201. The summed E-state index contributed by atoms with van der Waals surface area (Å²) in [6.07, 6.45) is 1.68. The minimum Gasteiger partial charge on any atom is -0.356 e. The number of nitrogens with zero attached hydrogens (tertiary/aromatic N) is 2.